The minimum absolute atomic E-state index is 0.896. The third kappa shape index (κ3) is 4.59. The molecule has 2 heterocycles. The molecule has 1 aromatic carbocycles. The summed E-state index contributed by atoms with van der Waals surface area (Å²) in [6, 6.07) is 12.3. The first kappa shape index (κ1) is 16.6. The Morgan fingerprint density at radius 2 is 1.61 bits per heavy atom. The summed E-state index contributed by atoms with van der Waals surface area (Å²) in [6.45, 7) is 8.93. The number of hydrogen-bond acceptors (Lipinski definition) is 4. The molecule has 0 saturated carbocycles. The molecule has 1 fully saturated rings. The van der Waals surface area contributed by atoms with Gasteiger partial charge in [-0.25, -0.2) is 0 Å². The lowest BCUT2D eigenvalue weighted by Crippen LogP contribution is -2.46. The van der Waals surface area contributed by atoms with Crippen LogP contribution in [0.25, 0.3) is 11.3 Å². The van der Waals surface area contributed by atoms with Gasteiger partial charge in [0.15, 0.2) is 0 Å². The van der Waals surface area contributed by atoms with E-state index >= 15 is 0 Å². The number of nitrogens with zero attached hydrogens (tertiary/aromatic N) is 4. The number of benzene rings is 1. The summed E-state index contributed by atoms with van der Waals surface area (Å²) in [5.41, 5.74) is 3.07. The van der Waals surface area contributed by atoms with E-state index in [9.17, 15) is 0 Å². The molecule has 0 amide bonds. The molecule has 122 valence electrons. The fourth-order valence-electron chi connectivity index (χ4n) is 2.94. The molecule has 1 aromatic heterocycles. The van der Waals surface area contributed by atoms with Crippen LogP contribution in [0.2, 0.25) is 0 Å². The second-order valence-electron chi connectivity index (χ2n) is 6.03. The van der Waals surface area contributed by atoms with Gasteiger partial charge in [0.25, 0.3) is 0 Å². The Morgan fingerprint density at radius 3 is 2.22 bits per heavy atom. The highest BCUT2D eigenvalue weighted by molar-refractivity contribution is 9.10. The van der Waals surface area contributed by atoms with Crippen LogP contribution in [0.3, 0.4) is 0 Å². The largest absolute Gasteiger partial charge is 0.301 e. The predicted molar refractivity (Wildman–Crippen MR) is 97.2 cm³/mol. The molecule has 0 aliphatic carbocycles. The summed E-state index contributed by atoms with van der Waals surface area (Å²) in [5, 5.41) is 8.80. The summed E-state index contributed by atoms with van der Waals surface area (Å²) < 4.78 is 1.08. The van der Waals surface area contributed by atoms with Crippen molar-refractivity contribution >= 4 is 15.9 Å². The second kappa shape index (κ2) is 7.99. The van der Waals surface area contributed by atoms with Crippen molar-refractivity contribution in [1.82, 2.24) is 20.0 Å². The Kier molecular flexibility index (Phi) is 5.75. The van der Waals surface area contributed by atoms with Crippen molar-refractivity contribution in [3.63, 3.8) is 0 Å². The van der Waals surface area contributed by atoms with E-state index in [2.05, 4.69) is 67.1 Å². The van der Waals surface area contributed by atoms with E-state index in [-0.39, 0.29) is 0 Å². The van der Waals surface area contributed by atoms with Gasteiger partial charge in [-0.15, -0.1) is 0 Å². The predicted octanol–water partition coefficient (Wildman–Crippen LogP) is 3.43. The van der Waals surface area contributed by atoms with Crippen molar-refractivity contribution in [1.29, 1.82) is 0 Å². The summed E-state index contributed by atoms with van der Waals surface area (Å²) >= 11 is 3.45. The molecule has 0 spiro atoms. The zero-order chi connectivity index (χ0) is 16.1. The van der Waals surface area contributed by atoms with Gasteiger partial charge in [0.1, 0.15) is 0 Å². The first-order valence-electron chi connectivity index (χ1n) is 8.28. The molecular weight excluding hydrogens is 352 g/mol. The summed E-state index contributed by atoms with van der Waals surface area (Å²) in [4.78, 5) is 5.01. The Hall–Kier alpha value is -1.30. The highest BCUT2D eigenvalue weighted by atomic mass is 79.9. The van der Waals surface area contributed by atoms with Crippen LogP contribution >= 0.6 is 15.9 Å². The SMILES string of the molecule is CCCN1CCN(Cc2ccc(-c3ccc(Br)cc3)nn2)CC1. The average molecular weight is 375 g/mol. The van der Waals surface area contributed by atoms with E-state index in [0.29, 0.717) is 0 Å². The lowest BCUT2D eigenvalue weighted by Gasteiger charge is -2.34. The minimum Gasteiger partial charge on any atom is -0.301 e. The normalized spacial score (nSPS) is 16.6. The van der Waals surface area contributed by atoms with Gasteiger partial charge >= 0.3 is 0 Å². The third-order valence-corrected chi connectivity index (χ3v) is 4.78. The molecule has 0 N–H and O–H groups in total. The van der Waals surface area contributed by atoms with Crippen molar-refractivity contribution in [2.75, 3.05) is 32.7 Å². The maximum atomic E-state index is 4.41. The first-order chi connectivity index (χ1) is 11.2. The van der Waals surface area contributed by atoms with Gasteiger partial charge in [-0.3, -0.25) is 4.90 Å². The van der Waals surface area contributed by atoms with Crippen molar-refractivity contribution in [3.8, 4) is 11.3 Å². The van der Waals surface area contributed by atoms with Gasteiger partial charge in [0, 0.05) is 42.8 Å². The van der Waals surface area contributed by atoms with Crippen LogP contribution in [0.15, 0.2) is 40.9 Å². The van der Waals surface area contributed by atoms with Crippen molar-refractivity contribution < 1.29 is 0 Å². The molecule has 5 heteroatoms. The monoisotopic (exact) mass is 374 g/mol. The van der Waals surface area contributed by atoms with Crippen LogP contribution in [0.4, 0.5) is 0 Å². The quantitative estimate of drug-likeness (QED) is 0.802. The maximum Gasteiger partial charge on any atom is 0.0929 e. The summed E-state index contributed by atoms with van der Waals surface area (Å²) in [6.07, 6.45) is 1.24. The van der Waals surface area contributed by atoms with Gasteiger partial charge < -0.3 is 4.90 Å². The zero-order valence-corrected chi connectivity index (χ0v) is 15.2. The Balaban J connectivity index is 1.57. The molecule has 0 unspecified atom stereocenters. The molecular formula is C18H23BrN4. The molecule has 1 aliphatic heterocycles. The highest BCUT2D eigenvalue weighted by Gasteiger charge is 2.16. The Labute approximate surface area is 146 Å². The van der Waals surface area contributed by atoms with Gasteiger partial charge in [-0.1, -0.05) is 35.0 Å². The third-order valence-electron chi connectivity index (χ3n) is 4.25. The van der Waals surface area contributed by atoms with E-state index < -0.39 is 0 Å². The lowest BCUT2D eigenvalue weighted by molar-refractivity contribution is 0.126. The van der Waals surface area contributed by atoms with Crippen LogP contribution in [-0.2, 0) is 6.54 Å². The molecule has 0 bridgehead atoms. The van der Waals surface area contributed by atoms with E-state index in [1.807, 2.05) is 12.1 Å². The van der Waals surface area contributed by atoms with Crippen molar-refractivity contribution in [3.05, 3.63) is 46.6 Å². The fourth-order valence-corrected chi connectivity index (χ4v) is 3.20. The van der Waals surface area contributed by atoms with Crippen LogP contribution in [0, 0.1) is 0 Å². The van der Waals surface area contributed by atoms with E-state index in [0.717, 1.165) is 54.1 Å². The standard InChI is InChI=1S/C18H23BrN4/c1-2-9-22-10-12-23(13-11-22)14-17-7-8-18(21-20-17)15-3-5-16(19)6-4-15/h3-8H,2,9-14H2,1H3. The molecule has 4 nitrogen and oxygen atoms in total. The zero-order valence-electron chi connectivity index (χ0n) is 13.6. The smallest absolute Gasteiger partial charge is 0.0929 e. The summed E-state index contributed by atoms with van der Waals surface area (Å²) in [7, 11) is 0. The summed E-state index contributed by atoms with van der Waals surface area (Å²) in [5.74, 6) is 0. The lowest BCUT2D eigenvalue weighted by atomic mass is 10.1. The molecule has 1 saturated heterocycles. The van der Waals surface area contributed by atoms with Gasteiger partial charge in [0.2, 0.25) is 0 Å². The first-order valence-corrected chi connectivity index (χ1v) is 9.07. The molecule has 3 rings (SSSR count). The van der Waals surface area contributed by atoms with E-state index in [4.69, 9.17) is 0 Å². The Morgan fingerprint density at radius 1 is 0.913 bits per heavy atom. The Bertz CT molecular complexity index is 604. The highest BCUT2D eigenvalue weighted by Crippen LogP contribution is 2.19. The molecule has 1 aliphatic rings. The number of aromatic nitrogens is 2. The van der Waals surface area contributed by atoms with Crippen molar-refractivity contribution in [2.45, 2.75) is 19.9 Å². The topological polar surface area (TPSA) is 32.3 Å². The van der Waals surface area contributed by atoms with Crippen LogP contribution in [-0.4, -0.2) is 52.7 Å². The van der Waals surface area contributed by atoms with Crippen LogP contribution in [0.1, 0.15) is 19.0 Å². The molecule has 0 radical (unpaired) electrons. The van der Waals surface area contributed by atoms with Crippen molar-refractivity contribution in [2.24, 2.45) is 0 Å². The molecule has 2 aromatic rings. The van der Waals surface area contributed by atoms with Gasteiger partial charge in [-0.2, -0.15) is 10.2 Å². The van der Waals surface area contributed by atoms with E-state index in [1.54, 1.807) is 0 Å². The van der Waals surface area contributed by atoms with Crippen LogP contribution < -0.4 is 0 Å². The number of rotatable bonds is 5. The average Bonchev–Trinajstić information content (AvgIpc) is 2.58. The van der Waals surface area contributed by atoms with Gasteiger partial charge in [0.05, 0.1) is 11.4 Å². The molecule has 0 atom stereocenters. The fraction of sp³-hybridized carbons (Fsp3) is 0.444. The second-order valence-corrected chi connectivity index (χ2v) is 6.95. The molecule has 23 heavy (non-hydrogen) atoms. The number of hydrogen-bond donors (Lipinski definition) is 0. The van der Waals surface area contributed by atoms with Gasteiger partial charge in [-0.05, 0) is 37.2 Å². The number of halogens is 1. The maximum absolute atomic E-state index is 4.41. The number of piperazine rings is 1. The van der Waals surface area contributed by atoms with Crippen LogP contribution in [0.5, 0.6) is 0 Å². The minimum atomic E-state index is 0.896. The van der Waals surface area contributed by atoms with E-state index in [1.165, 1.54) is 13.0 Å².